The summed E-state index contributed by atoms with van der Waals surface area (Å²) in [4.78, 5) is 12.7. The number of benzene rings is 2. The van der Waals surface area contributed by atoms with Gasteiger partial charge in [-0.25, -0.2) is 8.42 Å². The molecule has 0 aliphatic heterocycles. The van der Waals surface area contributed by atoms with Crippen LogP contribution >= 0.6 is 0 Å². The average Bonchev–Trinajstić information content (AvgIpc) is 3.01. The lowest BCUT2D eigenvalue weighted by Gasteiger charge is -2.21. The molecule has 6 nitrogen and oxygen atoms in total. The number of sulfonamides is 1. The van der Waals surface area contributed by atoms with Crippen molar-refractivity contribution < 1.29 is 17.9 Å². The maximum atomic E-state index is 13.0. The smallest absolute Gasteiger partial charge is 0.264 e. The lowest BCUT2D eigenvalue weighted by Crippen LogP contribution is -2.34. The molecular formula is C22H28N2O4S. The first-order chi connectivity index (χ1) is 13.9. The molecule has 0 aromatic heterocycles. The third-order valence-electron chi connectivity index (χ3n) is 5.39. The molecule has 0 bridgehead atoms. The fourth-order valence-corrected chi connectivity index (χ4v) is 4.85. The Bertz CT molecular complexity index is 934. The summed E-state index contributed by atoms with van der Waals surface area (Å²) in [7, 11) is -0.791. The van der Waals surface area contributed by atoms with E-state index in [1.165, 1.54) is 43.4 Å². The Kier molecular flexibility index (Phi) is 6.79. The quantitative estimate of drug-likeness (QED) is 0.723. The highest BCUT2D eigenvalue weighted by atomic mass is 32.2. The molecule has 1 saturated carbocycles. The van der Waals surface area contributed by atoms with Crippen LogP contribution in [0, 0.1) is 0 Å². The molecule has 1 N–H and O–H groups in total. The van der Waals surface area contributed by atoms with Crippen molar-refractivity contribution in [2.24, 2.45) is 0 Å². The number of anilines is 1. The molecule has 1 fully saturated rings. The Morgan fingerprint density at radius 2 is 1.62 bits per heavy atom. The van der Waals surface area contributed by atoms with Gasteiger partial charge < -0.3 is 10.1 Å². The predicted molar refractivity (Wildman–Crippen MR) is 114 cm³/mol. The van der Waals surface area contributed by atoms with Gasteiger partial charge in [-0.2, -0.15) is 0 Å². The van der Waals surface area contributed by atoms with Crippen LogP contribution in [-0.4, -0.2) is 34.5 Å². The number of hydrogen-bond acceptors (Lipinski definition) is 4. The Morgan fingerprint density at radius 1 is 1.00 bits per heavy atom. The van der Waals surface area contributed by atoms with E-state index >= 15 is 0 Å². The minimum atomic E-state index is -3.78. The fourth-order valence-electron chi connectivity index (χ4n) is 3.65. The van der Waals surface area contributed by atoms with Gasteiger partial charge in [0.05, 0.1) is 17.7 Å². The third-order valence-corrected chi connectivity index (χ3v) is 7.18. The summed E-state index contributed by atoms with van der Waals surface area (Å²) in [5.41, 5.74) is 0.915. The molecule has 0 saturated heterocycles. The molecule has 1 aliphatic rings. The standard InChI is InChI=1S/C22H28N2O4S/c1-24(20-11-7-8-12-21(20)28-2)29(26,27)19-15-13-17(14-16-19)22(25)23-18-9-5-3-4-6-10-18/h7-8,11-16,18H,3-6,9-10H2,1-2H3,(H,23,25). The monoisotopic (exact) mass is 416 g/mol. The lowest BCUT2D eigenvalue weighted by molar-refractivity contribution is 0.0933. The molecule has 2 aromatic carbocycles. The Hall–Kier alpha value is -2.54. The largest absolute Gasteiger partial charge is 0.495 e. The number of rotatable bonds is 6. The summed E-state index contributed by atoms with van der Waals surface area (Å²) >= 11 is 0. The summed E-state index contributed by atoms with van der Waals surface area (Å²) in [6.45, 7) is 0. The van der Waals surface area contributed by atoms with Crippen molar-refractivity contribution in [3.63, 3.8) is 0 Å². The first-order valence-electron chi connectivity index (χ1n) is 9.96. The molecular weight excluding hydrogens is 388 g/mol. The van der Waals surface area contributed by atoms with E-state index in [2.05, 4.69) is 5.32 Å². The number of methoxy groups -OCH3 is 1. The van der Waals surface area contributed by atoms with Crippen molar-refractivity contribution in [2.45, 2.75) is 49.5 Å². The zero-order valence-corrected chi connectivity index (χ0v) is 17.7. The van der Waals surface area contributed by atoms with Gasteiger partial charge in [-0.05, 0) is 49.2 Å². The molecule has 1 aliphatic carbocycles. The number of carbonyl (C=O) groups is 1. The zero-order chi connectivity index (χ0) is 20.9. The van der Waals surface area contributed by atoms with Crippen LogP contribution in [0.5, 0.6) is 5.75 Å². The second-order valence-electron chi connectivity index (χ2n) is 7.33. The predicted octanol–water partition coefficient (Wildman–Crippen LogP) is 3.97. The number of ether oxygens (including phenoxy) is 1. The SMILES string of the molecule is COc1ccccc1N(C)S(=O)(=O)c1ccc(C(=O)NC2CCCCCC2)cc1. The number of amides is 1. The van der Waals surface area contributed by atoms with E-state index < -0.39 is 10.0 Å². The maximum Gasteiger partial charge on any atom is 0.264 e. The van der Waals surface area contributed by atoms with Crippen molar-refractivity contribution in [3.8, 4) is 5.75 Å². The number of carbonyl (C=O) groups excluding carboxylic acids is 1. The van der Waals surface area contributed by atoms with Crippen molar-refractivity contribution in [3.05, 3.63) is 54.1 Å². The first kappa shape index (κ1) is 21.2. The van der Waals surface area contributed by atoms with E-state index in [0.717, 1.165) is 25.7 Å². The Morgan fingerprint density at radius 3 is 2.24 bits per heavy atom. The number of hydrogen-bond donors (Lipinski definition) is 1. The van der Waals surface area contributed by atoms with Crippen molar-refractivity contribution in [2.75, 3.05) is 18.5 Å². The van der Waals surface area contributed by atoms with E-state index in [9.17, 15) is 13.2 Å². The molecule has 1 amide bonds. The Labute approximate surface area is 172 Å². The second kappa shape index (κ2) is 9.31. The maximum absolute atomic E-state index is 13.0. The summed E-state index contributed by atoms with van der Waals surface area (Å²) in [6, 6.07) is 13.2. The van der Waals surface area contributed by atoms with Crippen LogP contribution in [0.3, 0.4) is 0 Å². The molecule has 0 atom stereocenters. The molecule has 0 heterocycles. The van der Waals surface area contributed by atoms with E-state index in [1.807, 2.05) is 0 Å². The first-order valence-corrected chi connectivity index (χ1v) is 11.4. The van der Waals surface area contributed by atoms with Gasteiger partial charge in [0.1, 0.15) is 5.75 Å². The van der Waals surface area contributed by atoms with E-state index in [-0.39, 0.29) is 16.8 Å². The van der Waals surface area contributed by atoms with Gasteiger partial charge in [-0.3, -0.25) is 9.10 Å². The van der Waals surface area contributed by atoms with Crippen LogP contribution in [0.2, 0.25) is 0 Å². The van der Waals surface area contributed by atoms with Crippen molar-refractivity contribution >= 4 is 21.6 Å². The van der Waals surface area contributed by atoms with Crippen LogP contribution in [0.25, 0.3) is 0 Å². The number of nitrogens with one attached hydrogen (secondary N) is 1. The van der Waals surface area contributed by atoms with Crippen molar-refractivity contribution in [1.82, 2.24) is 5.32 Å². The molecule has 2 aromatic rings. The van der Waals surface area contributed by atoms with Crippen LogP contribution < -0.4 is 14.4 Å². The summed E-state index contributed by atoms with van der Waals surface area (Å²) in [5.74, 6) is 0.317. The molecule has 7 heteroatoms. The van der Waals surface area contributed by atoms with Crippen LogP contribution in [0.1, 0.15) is 48.9 Å². The van der Waals surface area contributed by atoms with Gasteiger partial charge in [0.15, 0.2) is 0 Å². The minimum Gasteiger partial charge on any atom is -0.495 e. The lowest BCUT2D eigenvalue weighted by atomic mass is 10.1. The molecule has 3 rings (SSSR count). The summed E-state index contributed by atoms with van der Waals surface area (Å²) in [6.07, 6.45) is 6.72. The molecule has 0 spiro atoms. The van der Waals surface area contributed by atoms with Crippen LogP contribution in [0.15, 0.2) is 53.4 Å². The molecule has 29 heavy (non-hydrogen) atoms. The Balaban J connectivity index is 1.75. The normalized spacial score (nSPS) is 15.4. The highest BCUT2D eigenvalue weighted by Gasteiger charge is 2.24. The zero-order valence-electron chi connectivity index (χ0n) is 16.9. The van der Waals surface area contributed by atoms with Crippen molar-refractivity contribution in [1.29, 1.82) is 0 Å². The van der Waals surface area contributed by atoms with E-state index in [0.29, 0.717) is 17.0 Å². The summed E-state index contributed by atoms with van der Waals surface area (Å²) in [5, 5.41) is 3.08. The van der Waals surface area contributed by atoms with Gasteiger partial charge >= 0.3 is 0 Å². The number of para-hydroxylation sites is 2. The van der Waals surface area contributed by atoms with Crippen LogP contribution in [-0.2, 0) is 10.0 Å². The average molecular weight is 417 g/mol. The van der Waals surface area contributed by atoms with Gasteiger partial charge in [-0.15, -0.1) is 0 Å². The van der Waals surface area contributed by atoms with E-state index in [1.54, 1.807) is 36.4 Å². The van der Waals surface area contributed by atoms with Crippen LogP contribution in [0.4, 0.5) is 5.69 Å². The molecule has 0 radical (unpaired) electrons. The van der Waals surface area contributed by atoms with Gasteiger partial charge in [0, 0.05) is 18.7 Å². The van der Waals surface area contributed by atoms with Gasteiger partial charge in [-0.1, -0.05) is 37.8 Å². The third kappa shape index (κ3) is 4.90. The summed E-state index contributed by atoms with van der Waals surface area (Å²) < 4.78 is 32.5. The van der Waals surface area contributed by atoms with Gasteiger partial charge in [0.2, 0.25) is 0 Å². The highest BCUT2D eigenvalue weighted by molar-refractivity contribution is 7.92. The molecule has 0 unspecified atom stereocenters. The second-order valence-corrected chi connectivity index (χ2v) is 9.30. The highest BCUT2D eigenvalue weighted by Crippen LogP contribution is 2.30. The topological polar surface area (TPSA) is 75.7 Å². The minimum absolute atomic E-state index is 0.122. The van der Waals surface area contributed by atoms with E-state index in [4.69, 9.17) is 4.74 Å². The fraction of sp³-hybridized carbons (Fsp3) is 0.409. The number of nitrogens with zero attached hydrogens (tertiary/aromatic N) is 1. The molecule has 156 valence electrons. The van der Waals surface area contributed by atoms with Gasteiger partial charge in [0.25, 0.3) is 15.9 Å².